The van der Waals surface area contributed by atoms with Gasteiger partial charge in [-0.3, -0.25) is 0 Å². The minimum atomic E-state index is -0.396. The highest BCUT2D eigenvalue weighted by atomic mass is 19.1. The predicted molar refractivity (Wildman–Crippen MR) is 45.4 cm³/mol. The summed E-state index contributed by atoms with van der Waals surface area (Å²) >= 11 is 0. The first kappa shape index (κ1) is 9.00. The fraction of sp³-hybridized carbons (Fsp3) is 0.333. The van der Waals surface area contributed by atoms with Gasteiger partial charge in [-0.25, -0.2) is 4.39 Å². The highest BCUT2D eigenvalue weighted by molar-refractivity contribution is 5.33. The zero-order valence-corrected chi connectivity index (χ0v) is 6.92. The van der Waals surface area contributed by atoms with Crippen LogP contribution in [0.25, 0.3) is 0 Å². The molecule has 0 bridgehead atoms. The lowest BCUT2D eigenvalue weighted by Crippen LogP contribution is -2.18. The molecule has 1 aromatic rings. The minimum Gasteiger partial charge on any atom is -0.508 e. The molecule has 0 heterocycles. The monoisotopic (exact) mass is 169 g/mol. The molecular weight excluding hydrogens is 157 g/mol. The number of hydrogen-bond acceptors (Lipinski definition) is 2. The van der Waals surface area contributed by atoms with E-state index in [0.29, 0.717) is 12.0 Å². The lowest BCUT2D eigenvalue weighted by Gasteiger charge is -2.07. The molecule has 3 N–H and O–H groups in total. The second kappa shape index (κ2) is 3.54. The van der Waals surface area contributed by atoms with Gasteiger partial charge in [-0.2, -0.15) is 0 Å². The van der Waals surface area contributed by atoms with Gasteiger partial charge in [0.25, 0.3) is 0 Å². The van der Waals surface area contributed by atoms with E-state index in [4.69, 9.17) is 5.73 Å². The zero-order valence-electron chi connectivity index (χ0n) is 6.92. The average molecular weight is 169 g/mol. The van der Waals surface area contributed by atoms with Crippen LogP contribution in [0.1, 0.15) is 12.5 Å². The van der Waals surface area contributed by atoms with Crippen LogP contribution in [0.3, 0.4) is 0 Å². The van der Waals surface area contributed by atoms with E-state index in [-0.39, 0.29) is 11.8 Å². The Morgan fingerprint density at radius 2 is 2.25 bits per heavy atom. The van der Waals surface area contributed by atoms with E-state index in [1.807, 2.05) is 0 Å². The Balaban J connectivity index is 2.96. The van der Waals surface area contributed by atoms with Gasteiger partial charge in [-0.05, 0) is 25.5 Å². The van der Waals surface area contributed by atoms with Crippen molar-refractivity contribution in [1.82, 2.24) is 0 Å². The molecule has 0 aromatic heterocycles. The molecule has 0 saturated heterocycles. The minimum absolute atomic E-state index is 0.0210. The van der Waals surface area contributed by atoms with Gasteiger partial charge in [-0.1, -0.05) is 6.07 Å². The first-order chi connectivity index (χ1) is 5.61. The molecule has 0 saturated carbocycles. The maximum Gasteiger partial charge on any atom is 0.130 e. The summed E-state index contributed by atoms with van der Waals surface area (Å²) in [7, 11) is 0. The summed E-state index contributed by atoms with van der Waals surface area (Å²) in [5.41, 5.74) is 5.78. The zero-order chi connectivity index (χ0) is 9.14. The first-order valence-electron chi connectivity index (χ1n) is 3.83. The Morgan fingerprint density at radius 3 is 2.75 bits per heavy atom. The number of phenols is 1. The molecule has 0 aliphatic rings. The smallest absolute Gasteiger partial charge is 0.130 e. The number of halogens is 1. The Labute approximate surface area is 70.8 Å². The van der Waals surface area contributed by atoms with Crippen LogP contribution < -0.4 is 5.73 Å². The summed E-state index contributed by atoms with van der Waals surface area (Å²) in [6.07, 6.45) is 0.360. The molecule has 2 nitrogen and oxygen atoms in total. The van der Waals surface area contributed by atoms with Gasteiger partial charge in [0, 0.05) is 11.6 Å². The second-order valence-electron chi connectivity index (χ2n) is 2.92. The van der Waals surface area contributed by atoms with E-state index in [1.165, 1.54) is 18.2 Å². The van der Waals surface area contributed by atoms with Crippen molar-refractivity contribution in [1.29, 1.82) is 0 Å². The Hall–Kier alpha value is -1.09. The SMILES string of the molecule is C[C@@H](N)Cc1c(O)cccc1F. The van der Waals surface area contributed by atoms with Crippen LogP contribution in [0.5, 0.6) is 5.75 Å². The van der Waals surface area contributed by atoms with Gasteiger partial charge in [0.05, 0.1) is 0 Å². The predicted octanol–water partition coefficient (Wildman–Crippen LogP) is 1.42. The summed E-state index contributed by atoms with van der Waals surface area (Å²) in [4.78, 5) is 0. The molecule has 66 valence electrons. The van der Waals surface area contributed by atoms with Crippen molar-refractivity contribution in [2.45, 2.75) is 19.4 Å². The Bertz CT molecular complexity index is 253. The van der Waals surface area contributed by atoms with Gasteiger partial charge >= 0.3 is 0 Å². The van der Waals surface area contributed by atoms with Gasteiger partial charge in [-0.15, -0.1) is 0 Å². The summed E-state index contributed by atoms with van der Waals surface area (Å²) in [6, 6.07) is 4.10. The summed E-state index contributed by atoms with van der Waals surface area (Å²) in [5, 5.41) is 9.24. The van der Waals surface area contributed by atoms with Gasteiger partial charge < -0.3 is 10.8 Å². The quantitative estimate of drug-likeness (QED) is 0.703. The molecule has 0 radical (unpaired) electrons. The van der Waals surface area contributed by atoms with Crippen molar-refractivity contribution in [2.24, 2.45) is 5.73 Å². The first-order valence-corrected chi connectivity index (χ1v) is 3.83. The highest BCUT2D eigenvalue weighted by Gasteiger charge is 2.08. The molecule has 0 unspecified atom stereocenters. The highest BCUT2D eigenvalue weighted by Crippen LogP contribution is 2.20. The Morgan fingerprint density at radius 1 is 1.58 bits per heavy atom. The molecule has 0 amide bonds. The van der Waals surface area contributed by atoms with E-state index in [2.05, 4.69) is 0 Å². The third-order valence-electron chi connectivity index (χ3n) is 1.62. The van der Waals surface area contributed by atoms with Crippen LogP contribution >= 0.6 is 0 Å². The van der Waals surface area contributed by atoms with E-state index in [9.17, 15) is 9.50 Å². The number of hydrogen-bond donors (Lipinski definition) is 2. The topological polar surface area (TPSA) is 46.2 Å². The van der Waals surface area contributed by atoms with Crippen molar-refractivity contribution >= 4 is 0 Å². The van der Waals surface area contributed by atoms with Crippen molar-refractivity contribution in [3.05, 3.63) is 29.6 Å². The van der Waals surface area contributed by atoms with Crippen molar-refractivity contribution < 1.29 is 9.50 Å². The summed E-state index contributed by atoms with van der Waals surface area (Å²) in [5.74, 6) is -0.417. The average Bonchev–Trinajstić information content (AvgIpc) is 1.97. The molecule has 3 heteroatoms. The molecule has 0 fully saturated rings. The number of benzene rings is 1. The van der Waals surface area contributed by atoms with Crippen LogP contribution in [-0.2, 0) is 6.42 Å². The largest absolute Gasteiger partial charge is 0.508 e. The molecule has 0 spiro atoms. The fourth-order valence-electron chi connectivity index (χ4n) is 1.07. The van der Waals surface area contributed by atoms with Gasteiger partial charge in [0.2, 0.25) is 0 Å². The van der Waals surface area contributed by atoms with Crippen LogP contribution in [0.15, 0.2) is 18.2 Å². The van der Waals surface area contributed by atoms with Crippen LogP contribution in [0, 0.1) is 5.82 Å². The molecule has 1 rings (SSSR count). The van der Waals surface area contributed by atoms with Gasteiger partial charge in [0.15, 0.2) is 0 Å². The summed E-state index contributed by atoms with van der Waals surface area (Å²) in [6.45, 7) is 1.77. The van der Waals surface area contributed by atoms with Crippen molar-refractivity contribution in [3.8, 4) is 5.75 Å². The normalized spacial score (nSPS) is 12.9. The van der Waals surface area contributed by atoms with Crippen LogP contribution in [0.2, 0.25) is 0 Å². The van der Waals surface area contributed by atoms with Gasteiger partial charge in [0.1, 0.15) is 11.6 Å². The molecule has 0 aliphatic heterocycles. The molecular formula is C9H12FNO. The second-order valence-corrected chi connectivity index (χ2v) is 2.92. The number of phenolic OH excluding ortho intramolecular Hbond substituents is 1. The number of aromatic hydroxyl groups is 1. The third-order valence-corrected chi connectivity index (χ3v) is 1.62. The fourth-order valence-corrected chi connectivity index (χ4v) is 1.07. The molecule has 1 aromatic carbocycles. The van der Waals surface area contributed by atoms with Crippen LogP contribution in [-0.4, -0.2) is 11.1 Å². The third kappa shape index (κ3) is 1.95. The maximum absolute atomic E-state index is 13.0. The number of rotatable bonds is 2. The lowest BCUT2D eigenvalue weighted by molar-refractivity contribution is 0.455. The van der Waals surface area contributed by atoms with Crippen molar-refractivity contribution in [2.75, 3.05) is 0 Å². The molecule has 1 atom stereocenters. The van der Waals surface area contributed by atoms with Crippen molar-refractivity contribution in [3.63, 3.8) is 0 Å². The number of nitrogens with two attached hydrogens (primary N) is 1. The van der Waals surface area contributed by atoms with E-state index in [0.717, 1.165) is 0 Å². The Kier molecular flexibility index (Phi) is 2.65. The summed E-state index contributed by atoms with van der Waals surface area (Å²) < 4.78 is 13.0. The standard InChI is InChI=1S/C9H12FNO/c1-6(11)5-7-8(10)3-2-4-9(7)12/h2-4,6,12H,5,11H2,1H3/t6-/m1/s1. The van der Waals surface area contributed by atoms with E-state index >= 15 is 0 Å². The van der Waals surface area contributed by atoms with E-state index < -0.39 is 5.82 Å². The lowest BCUT2D eigenvalue weighted by atomic mass is 10.1. The molecule has 12 heavy (non-hydrogen) atoms. The molecule has 0 aliphatic carbocycles. The van der Waals surface area contributed by atoms with E-state index in [1.54, 1.807) is 6.92 Å². The maximum atomic E-state index is 13.0. The van der Waals surface area contributed by atoms with Crippen LogP contribution in [0.4, 0.5) is 4.39 Å².